The number of amides is 1. The van der Waals surface area contributed by atoms with E-state index in [4.69, 9.17) is 5.73 Å². The number of rotatable bonds is 6. The Hall–Kier alpha value is -3.61. The van der Waals surface area contributed by atoms with Gasteiger partial charge in [-0.2, -0.15) is 0 Å². The van der Waals surface area contributed by atoms with Gasteiger partial charge in [-0.3, -0.25) is 15.1 Å². The first-order valence-corrected chi connectivity index (χ1v) is 8.47. The number of benzene rings is 1. The third kappa shape index (κ3) is 6.32. The summed E-state index contributed by atoms with van der Waals surface area (Å²) in [5, 5.41) is 8.78. The second-order valence-corrected chi connectivity index (χ2v) is 5.57. The Morgan fingerprint density at radius 2 is 2.15 bits per heavy atom. The largest absolute Gasteiger partial charge is 0.369 e. The highest BCUT2D eigenvalue weighted by Gasteiger charge is 2.20. The molecule has 5 N–H and O–H groups in total. The fourth-order valence-electron chi connectivity index (χ4n) is 2.35. The van der Waals surface area contributed by atoms with Crippen molar-refractivity contribution < 1.29 is 4.79 Å². The molecule has 7 nitrogen and oxygen atoms in total. The molecule has 1 saturated heterocycles. The highest BCUT2D eigenvalue weighted by molar-refractivity contribution is 6.06. The van der Waals surface area contributed by atoms with E-state index in [0.717, 1.165) is 11.3 Å². The van der Waals surface area contributed by atoms with Crippen LogP contribution in [0.4, 0.5) is 0 Å². The molecule has 0 spiro atoms. The summed E-state index contributed by atoms with van der Waals surface area (Å²) in [6, 6.07) is 9.69. The average Bonchev–Trinajstić information content (AvgIpc) is 3.15. The summed E-state index contributed by atoms with van der Waals surface area (Å²) >= 11 is 0. The van der Waals surface area contributed by atoms with E-state index in [1.807, 2.05) is 36.4 Å². The number of nitrogens with two attached hydrogens (primary N) is 1. The average molecular weight is 364 g/mol. The Kier molecular flexibility index (Phi) is 7.59. The highest BCUT2D eigenvalue weighted by Crippen LogP contribution is 2.11. The van der Waals surface area contributed by atoms with Crippen LogP contribution in [0, 0.1) is 0 Å². The van der Waals surface area contributed by atoms with Crippen LogP contribution < -0.4 is 21.7 Å². The molecule has 0 radical (unpaired) electrons. The molecule has 0 saturated carbocycles. The van der Waals surface area contributed by atoms with Crippen LogP contribution in [0.3, 0.4) is 0 Å². The summed E-state index contributed by atoms with van der Waals surface area (Å²) < 4.78 is 0. The Labute approximate surface area is 159 Å². The zero-order chi connectivity index (χ0) is 19.5. The number of carbonyl (C=O) groups is 1. The SMILES string of the molecule is C=C/C=C\C/C(C(=O)NC(N)=N/C=C/c1ccccc1)=C1\CNC(=NC)N1. The lowest BCUT2D eigenvalue weighted by Crippen LogP contribution is -2.38. The lowest BCUT2D eigenvalue weighted by molar-refractivity contribution is -0.116. The number of guanidine groups is 2. The molecule has 1 fully saturated rings. The van der Waals surface area contributed by atoms with Gasteiger partial charge in [0.1, 0.15) is 0 Å². The van der Waals surface area contributed by atoms with Crippen molar-refractivity contribution in [1.29, 1.82) is 0 Å². The van der Waals surface area contributed by atoms with Crippen LogP contribution in [-0.2, 0) is 4.79 Å². The molecule has 1 heterocycles. The van der Waals surface area contributed by atoms with Crippen molar-refractivity contribution in [1.82, 2.24) is 16.0 Å². The van der Waals surface area contributed by atoms with Gasteiger partial charge in [0, 0.05) is 24.5 Å². The maximum atomic E-state index is 12.6. The number of nitrogens with one attached hydrogen (secondary N) is 3. The number of carbonyl (C=O) groups excluding carboxylic acids is 1. The quantitative estimate of drug-likeness (QED) is 0.267. The van der Waals surface area contributed by atoms with Crippen molar-refractivity contribution in [3.05, 3.63) is 78.2 Å². The van der Waals surface area contributed by atoms with Crippen molar-refractivity contribution in [2.24, 2.45) is 15.7 Å². The molecule has 0 bridgehead atoms. The Morgan fingerprint density at radius 3 is 2.81 bits per heavy atom. The molecule has 0 unspecified atom stereocenters. The standard InChI is InChI=1S/C20H24N6O/c1-3-4-6-11-16(17-14-24-20(22-2)25-17)18(27)26-19(21)23-13-12-15-9-7-5-8-10-15/h3-10,12-13H,1,11,14H2,2H3,(H2,22,24,25)(H3,21,23,26,27)/b6-4-,13-12+,17-16-. The lowest BCUT2D eigenvalue weighted by atomic mass is 10.1. The molecule has 2 rings (SSSR count). The molecule has 0 aliphatic carbocycles. The van der Waals surface area contributed by atoms with E-state index in [-0.39, 0.29) is 11.9 Å². The van der Waals surface area contributed by atoms with Gasteiger partial charge >= 0.3 is 0 Å². The minimum atomic E-state index is -0.320. The predicted molar refractivity (Wildman–Crippen MR) is 111 cm³/mol. The van der Waals surface area contributed by atoms with Gasteiger partial charge in [-0.1, -0.05) is 55.1 Å². The van der Waals surface area contributed by atoms with Crippen molar-refractivity contribution in [3.8, 4) is 0 Å². The molecule has 1 aromatic rings. The van der Waals surface area contributed by atoms with Crippen LogP contribution in [0.1, 0.15) is 12.0 Å². The van der Waals surface area contributed by atoms with E-state index in [1.54, 1.807) is 31.5 Å². The summed E-state index contributed by atoms with van der Waals surface area (Å²) in [6.45, 7) is 4.12. The summed E-state index contributed by atoms with van der Waals surface area (Å²) in [7, 11) is 1.67. The summed E-state index contributed by atoms with van der Waals surface area (Å²) in [6.07, 6.45) is 9.06. The Bertz CT molecular complexity index is 818. The first kappa shape index (κ1) is 19.7. The van der Waals surface area contributed by atoms with E-state index in [9.17, 15) is 4.79 Å². The third-order valence-electron chi connectivity index (χ3n) is 3.68. The third-order valence-corrected chi connectivity index (χ3v) is 3.68. The van der Waals surface area contributed by atoms with Crippen molar-refractivity contribution in [2.45, 2.75) is 6.42 Å². The molecule has 140 valence electrons. The van der Waals surface area contributed by atoms with Crippen LogP contribution in [0.15, 0.2) is 82.6 Å². The first-order valence-electron chi connectivity index (χ1n) is 8.47. The second-order valence-electron chi connectivity index (χ2n) is 5.57. The smallest absolute Gasteiger partial charge is 0.256 e. The van der Waals surface area contributed by atoms with Crippen molar-refractivity contribution >= 4 is 23.9 Å². The van der Waals surface area contributed by atoms with E-state index >= 15 is 0 Å². The Balaban J connectivity index is 2.09. The van der Waals surface area contributed by atoms with Crippen LogP contribution in [0.2, 0.25) is 0 Å². The number of hydrogen-bond acceptors (Lipinski definition) is 3. The summed E-state index contributed by atoms with van der Waals surface area (Å²) in [5.41, 5.74) is 8.12. The van der Waals surface area contributed by atoms with E-state index in [0.29, 0.717) is 24.5 Å². The van der Waals surface area contributed by atoms with Crippen LogP contribution in [-0.4, -0.2) is 31.4 Å². The molecule has 1 aliphatic rings. The van der Waals surface area contributed by atoms with Crippen LogP contribution in [0.5, 0.6) is 0 Å². The lowest BCUT2D eigenvalue weighted by Gasteiger charge is -2.09. The maximum absolute atomic E-state index is 12.6. The molecular formula is C20H24N6O. The Morgan fingerprint density at radius 1 is 1.37 bits per heavy atom. The number of hydrogen-bond donors (Lipinski definition) is 4. The molecule has 7 heteroatoms. The number of nitrogens with zero attached hydrogens (tertiary/aromatic N) is 2. The minimum absolute atomic E-state index is 0.0216. The normalized spacial score (nSPS) is 17.8. The summed E-state index contributed by atoms with van der Waals surface area (Å²) in [4.78, 5) is 20.7. The van der Waals surface area contributed by atoms with Gasteiger partial charge in [0.2, 0.25) is 0 Å². The topological polar surface area (TPSA) is 104 Å². The fraction of sp³-hybridized carbons (Fsp3) is 0.150. The first-order chi connectivity index (χ1) is 13.1. The molecule has 0 atom stereocenters. The molecule has 0 aromatic heterocycles. The van der Waals surface area contributed by atoms with Gasteiger partial charge in [-0.25, -0.2) is 4.99 Å². The van der Waals surface area contributed by atoms with Gasteiger partial charge in [0.25, 0.3) is 5.91 Å². The van der Waals surface area contributed by atoms with Crippen molar-refractivity contribution in [2.75, 3.05) is 13.6 Å². The molecule has 27 heavy (non-hydrogen) atoms. The van der Waals surface area contributed by atoms with Crippen molar-refractivity contribution in [3.63, 3.8) is 0 Å². The maximum Gasteiger partial charge on any atom is 0.256 e. The minimum Gasteiger partial charge on any atom is -0.369 e. The van der Waals surface area contributed by atoms with Gasteiger partial charge in [0.05, 0.1) is 6.54 Å². The van der Waals surface area contributed by atoms with Crippen LogP contribution in [0.25, 0.3) is 6.08 Å². The van der Waals surface area contributed by atoms with Gasteiger partial charge in [0.15, 0.2) is 11.9 Å². The number of aliphatic imine (C=N–C) groups is 2. The number of allylic oxidation sites excluding steroid dienone is 3. The molecule has 1 amide bonds. The zero-order valence-electron chi connectivity index (χ0n) is 15.3. The van der Waals surface area contributed by atoms with E-state index < -0.39 is 0 Å². The summed E-state index contributed by atoms with van der Waals surface area (Å²) in [5.74, 6) is 0.323. The van der Waals surface area contributed by atoms with E-state index in [1.165, 1.54) is 0 Å². The molecular weight excluding hydrogens is 340 g/mol. The molecule has 1 aliphatic heterocycles. The second kappa shape index (κ2) is 10.4. The van der Waals surface area contributed by atoms with Gasteiger partial charge in [-0.05, 0) is 18.1 Å². The predicted octanol–water partition coefficient (Wildman–Crippen LogP) is 1.65. The zero-order valence-corrected chi connectivity index (χ0v) is 15.3. The fourth-order valence-corrected chi connectivity index (χ4v) is 2.35. The van der Waals surface area contributed by atoms with E-state index in [2.05, 4.69) is 32.5 Å². The van der Waals surface area contributed by atoms with Gasteiger partial charge < -0.3 is 16.4 Å². The van der Waals surface area contributed by atoms with Gasteiger partial charge in [-0.15, -0.1) is 0 Å². The highest BCUT2D eigenvalue weighted by atomic mass is 16.1. The van der Waals surface area contributed by atoms with Crippen LogP contribution >= 0.6 is 0 Å². The molecule has 1 aromatic carbocycles. The monoisotopic (exact) mass is 364 g/mol.